The number of fused-ring (bicyclic) bond motifs is 4. The molecular weight excluding hydrogens is 728 g/mol. The standard InChI is InChI=1S/C42H34O14/c1-15-11-23-27(25(13-15)53-19(5)43)37(49)33-29(35(23)47)31(39(51-9)17(3)41(33)55-21(7)45)32-30-34(42(56-22(8)46)18(4)40(32)52-10)38(50)28-24(36(30)48)12-16(2)14-26(28)54-20(6)44/h11-14H,1-10H3. The molecule has 14 nitrogen and oxygen atoms in total. The molecule has 0 spiro atoms. The molecule has 0 N–H and O–H groups in total. The third kappa shape index (κ3) is 5.99. The highest BCUT2D eigenvalue weighted by molar-refractivity contribution is 6.36. The second-order valence-corrected chi connectivity index (χ2v) is 13.3. The van der Waals surface area contributed by atoms with E-state index in [0.29, 0.717) is 11.1 Å². The van der Waals surface area contributed by atoms with Gasteiger partial charge in [-0.2, -0.15) is 0 Å². The quantitative estimate of drug-likeness (QED) is 0.139. The topological polar surface area (TPSA) is 192 Å². The van der Waals surface area contributed by atoms with Crippen molar-refractivity contribution in [1.29, 1.82) is 0 Å². The van der Waals surface area contributed by atoms with Gasteiger partial charge in [0.1, 0.15) is 34.5 Å². The van der Waals surface area contributed by atoms with Crippen LogP contribution in [0.3, 0.4) is 0 Å². The van der Waals surface area contributed by atoms with E-state index in [2.05, 4.69) is 0 Å². The zero-order valence-electron chi connectivity index (χ0n) is 32.0. The third-order valence-corrected chi connectivity index (χ3v) is 9.27. The van der Waals surface area contributed by atoms with Crippen LogP contribution in [0.15, 0.2) is 24.3 Å². The summed E-state index contributed by atoms with van der Waals surface area (Å²) in [5, 5.41) is 0. The first-order valence-corrected chi connectivity index (χ1v) is 17.1. The molecule has 2 aliphatic rings. The van der Waals surface area contributed by atoms with Crippen LogP contribution in [0.1, 0.15) is 114 Å². The second kappa shape index (κ2) is 14.0. The molecule has 56 heavy (non-hydrogen) atoms. The van der Waals surface area contributed by atoms with Gasteiger partial charge in [0.15, 0.2) is 11.6 Å². The van der Waals surface area contributed by atoms with Crippen molar-refractivity contribution in [2.75, 3.05) is 14.2 Å². The van der Waals surface area contributed by atoms with E-state index in [9.17, 15) is 28.8 Å². The summed E-state index contributed by atoms with van der Waals surface area (Å²) in [6, 6.07) is 5.64. The summed E-state index contributed by atoms with van der Waals surface area (Å²) >= 11 is 0. The van der Waals surface area contributed by atoms with Crippen molar-refractivity contribution in [2.45, 2.75) is 55.4 Å². The first kappa shape index (κ1) is 38.8. The zero-order valence-corrected chi connectivity index (χ0v) is 32.0. The first-order valence-electron chi connectivity index (χ1n) is 17.1. The van der Waals surface area contributed by atoms with Crippen molar-refractivity contribution in [3.05, 3.63) is 91.0 Å². The average Bonchev–Trinajstić information content (AvgIpc) is 3.09. The SMILES string of the molecule is COc1c(C)c(OC(C)=O)c2c(c1-c1c(OC)c(C)c(OC(C)=O)c3c1C(=O)c1cc(C)cc(OC(C)=O)c1C3=O)C(=O)c1cc(C)cc(OC(C)=O)c1C2=O. The van der Waals surface area contributed by atoms with Crippen molar-refractivity contribution >= 4 is 47.0 Å². The van der Waals surface area contributed by atoms with E-state index >= 15 is 9.59 Å². The molecule has 2 aliphatic carbocycles. The smallest absolute Gasteiger partial charge is 0.308 e. The molecule has 6 rings (SSSR count). The molecule has 0 aromatic heterocycles. The van der Waals surface area contributed by atoms with Gasteiger partial charge in [0, 0.05) is 72.2 Å². The van der Waals surface area contributed by atoms with Crippen LogP contribution in [-0.4, -0.2) is 61.2 Å². The fraction of sp³-hybridized carbons (Fsp3) is 0.238. The maximum absolute atomic E-state index is 15.1. The predicted molar refractivity (Wildman–Crippen MR) is 196 cm³/mol. The van der Waals surface area contributed by atoms with Crippen LogP contribution in [0.5, 0.6) is 34.5 Å². The number of aryl methyl sites for hydroxylation is 2. The maximum Gasteiger partial charge on any atom is 0.308 e. The normalized spacial score (nSPS) is 12.5. The van der Waals surface area contributed by atoms with Gasteiger partial charge in [-0.3, -0.25) is 38.4 Å². The van der Waals surface area contributed by atoms with Crippen LogP contribution in [0, 0.1) is 27.7 Å². The molecule has 0 saturated carbocycles. The van der Waals surface area contributed by atoms with E-state index in [0.717, 1.165) is 27.7 Å². The molecule has 0 amide bonds. The predicted octanol–water partition coefficient (Wildman–Crippen LogP) is 5.86. The minimum absolute atomic E-state index is 0.0303. The van der Waals surface area contributed by atoms with Crippen molar-refractivity contribution in [1.82, 2.24) is 0 Å². The Bertz CT molecular complexity index is 2390. The van der Waals surface area contributed by atoms with Crippen LogP contribution in [0.2, 0.25) is 0 Å². The number of rotatable bonds is 7. The number of hydrogen-bond donors (Lipinski definition) is 0. The molecule has 4 aromatic rings. The highest BCUT2D eigenvalue weighted by atomic mass is 16.5. The van der Waals surface area contributed by atoms with E-state index in [-0.39, 0.29) is 79.0 Å². The number of carbonyl (C=O) groups excluding carboxylic acids is 8. The molecule has 0 fully saturated rings. The highest BCUT2D eigenvalue weighted by Gasteiger charge is 2.46. The zero-order chi connectivity index (χ0) is 41.2. The Morgan fingerprint density at radius 3 is 1.00 bits per heavy atom. The maximum atomic E-state index is 15.1. The molecule has 0 unspecified atom stereocenters. The molecular formula is C42H34O14. The van der Waals surface area contributed by atoms with Crippen LogP contribution >= 0.6 is 0 Å². The van der Waals surface area contributed by atoms with Crippen LogP contribution < -0.4 is 28.4 Å². The largest absolute Gasteiger partial charge is 0.496 e. The first-order chi connectivity index (χ1) is 26.3. The lowest BCUT2D eigenvalue weighted by Gasteiger charge is -2.31. The van der Waals surface area contributed by atoms with Gasteiger partial charge in [0.25, 0.3) is 0 Å². The van der Waals surface area contributed by atoms with E-state index in [1.807, 2.05) is 0 Å². The van der Waals surface area contributed by atoms with Crippen molar-refractivity contribution in [2.24, 2.45) is 0 Å². The lowest BCUT2D eigenvalue weighted by atomic mass is 9.73. The number of esters is 4. The second-order valence-electron chi connectivity index (χ2n) is 13.3. The number of ketones is 4. The van der Waals surface area contributed by atoms with Gasteiger partial charge in [-0.05, 0) is 63.1 Å². The third-order valence-electron chi connectivity index (χ3n) is 9.27. The number of ether oxygens (including phenoxy) is 6. The molecule has 0 atom stereocenters. The number of benzene rings is 4. The van der Waals surface area contributed by atoms with E-state index in [4.69, 9.17) is 28.4 Å². The van der Waals surface area contributed by atoms with Gasteiger partial charge in [-0.25, -0.2) is 0 Å². The Kier molecular flexibility index (Phi) is 9.71. The molecule has 286 valence electrons. The van der Waals surface area contributed by atoms with Crippen molar-refractivity contribution in [3.8, 4) is 45.6 Å². The van der Waals surface area contributed by atoms with Crippen LogP contribution in [-0.2, 0) is 19.2 Å². The van der Waals surface area contributed by atoms with Gasteiger partial charge in [0.2, 0.25) is 11.6 Å². The molecule has 0 heterocycles. The molecule has 14 heteroatoms. The summed E-state index contributed by atoms with van der Waals surface area (Å²) in [6.45, 7) is 10.6. The van der Waals surface area contributed by atoms with E-state index in [1.54, 1.807) is 13.8 Å². The van der Waals surface area contributed by atoms with Gasteiger partial charge >= 0.3 is 23.9 Å². The lowest BCUT2D eigenvalue weighted by molar-refractivity contribution is -0.132. The summed E-state index contributed by atoms with van der Waals surface area (Å²) in [5.41, 5.74) is -2.02. The number of hydrogen-bond acceptors (Lipinski definition) is 14. The Morgan fingerprint density at radius 2 is 0.714 bits per heavy atom. The Morgan fingerprint density at radius 1 is 0.393 bits per heavy atom. The summed E-state index contributed by atoms with van der Waals surface area (Å²) in [6.07, 6.45) is 0. The van der Waals surface area contributed by atoms with Crippen LogP contribution in [0.4, 0.5) is 0 Å². The highest BCUT2D eigenvalue weighted by Crippen LogP contribution is 2.56. The fourth-order valence-corrected chi connectivity index (χ4v) is 7.40. The Balaban J connectivity index is 1.87. The molecule has 0 bridgehead atoms. The van der Waals surface area contributed by atoms with Gasteiger partial charge in [-0.1, -0.05) is 0 Å². The summed E-state index contributed by atoms with van der Waals surface area (Å²) < 4.78 is 33.8. The van der Waals surface area contributed by atoms with Crippen LogP contribution in [0.25, 0.3) is 11.1 Å². The molecule has 4 aromatic carbocycles. The Labute approximate surface area is 319 Å². The fourth-order valence-electron chi connectivity index (χ4n) is 7.40. The minimum atomic E-state index is -0.871. The summed E-state index contributed by atoms with van der Waals surface area (Å²) in [4.78, 5) is 109. The summed E-state index contributed by atoms with van der Waals surface area (Å²) in [7, 11) is 2.50. The van der Waals surface area contributed by atoms with Gasteiger partial charge < -0.3 is 28.4 Å². The number of methoxy groups -OCH3 is 2. The molecule has 0 radical (unpaired) electrons. The van der Waals surface area contributed by atoms with E-state index < -0.39 is 69.3 Å². The molecule has 0 aliphatic heterocycles. The van der Waals surface area contributed by atoms with Gasteiger partial charge in [0.05, 0.1) is 36.5 Å². The average molecular weight is 763 g/mol. The monoisotopic (exact) mass is 762 g/mol. The van der Waals surface area contributed by atoms with E-state index in [1.165, 1.54) is 52.3 Å². The minimum Gasteiger partial charge on any atom is -0.496 e. The van der Waals surface area contributed by atoms with Gasteiger partial charge in [-0.15, -0.1) is 0 Å². The van der Waals surface area contributed by atoms with Crippen molar-refractivity contribution in [3.63, 3.8) is 0 Å². The molecule has 0 saturated heterocycles. The van der Waals surface area contributed by atoms with Crippen molar-refractivity contribution < 1.29 is 66.8 Å². The Hall–Kier alpha value is -6.96. The summed E-state index contributed by atoms with van der Waals surface area (Å²) in [5.74, 6) is -8.05. The lowest BCUT2D eigenvalue weighted by Crippen LogP contribution is -2.28. The number of carbonyl (C=O) groups is 8.